The van der Waals surface area contributed by atoms with E-state index in [9.17, 15) is 0 Å². The number of anilines is 2. The fourth-order valence-electron chi connectivity index (χ4n) is 8.31. The molecule has 0 saturated carbocycles. The third kappa shape index (κ3) is 6.88. The maximum Gasteiger partial charge on any atom is 0.152 e. The number of ketones is 1. The molecule has 0 radical (unpaired) electrons. The van der Waals surface area contributed by atoms with Crippen LogP contribution in [0.1, 0.15) is 57.3 Å². The number of H-pyrrole nitrogens is 2. The molecule has 0 amide bonds. The minimum atomic E-state index is -0.693. The number of aromatic amines is 2. The van der Waals surface area contributed by atoms with Crippen LogP contribution in [0, 0.1) is 13.8 Å². The molecule has 0 spiro atoms. The molecule has 280 valence electrons. The summed E-state index contributed by atoms with van der Waals surface area (Å²) in [5.41, 5.74) is 9.53. The van der Waals surface area contributed by atoms with Gasteiger partial charge in [0.25, 0.3) is 0 Å². The predicted octanol–water partition coefficient (Wildman–Crippen LogP) is 11.4. The molecule has 2 heterocycles. The lowest BCUT2D eigenvalue weighted by Crippen LogP contribution is -2.35. The van der Waals surface area contributed by atoms with E-state index in [1.165, 1.54) is 0 Å². The summed E-state index contributed by atoms with van der Waals surface area (Å²) in [5.74, 6) is 0.0504. The zero-order valence-electron chi connectivity index (χ0n) is 32.0. The van der Waals surface area contributed by atoms with E-state index >= 15 is 4.79 Å². The van der Waals surface area contributed by atoms with Gasteiger partial charge in [-0.05, 0) is 83.6 Å². The van der Waals surface area contributed by atoms with Crippen LogP contribution in [0.2, 0.25) is 0 Å². The van der Waals surface area contributed by atoms with Gasteiger partial charge in [-0.15, -0.1) is 0 Å². The van der Waals surface area contributed by atoms with Crippen molar-refractivity contribution in [1.82, 2.24) is 9.97 Å². The average molecular weight is 739 g/mol. The van der Waals surface area contributed by atoms with Gasteiger partial charge in [0.2, 0.25) is 0 Å². The Balaban J connectivity index is 1.42. The highest BCUT2D eigenvalue weighted by Gasteiger charge is 2.43. The van der Waals surface area contributed by atoms with Crippen LogP contribution >= 0.6 is 0 Å². The molecule has 4 N–H and O–H groups in total. The molecule has 4 unspecified atom stereocenters. The van der Waals surface area contributed by atoms with Crippen LogP contribution in [0.4, 0.5) is 11.4 Å². The second kappa shape index (κ2) is 15.9. The zero-order chi connectivity index (χ0) is 38.6. The van der Waals surface area contributed by atoms with Gasteiger partial charge in [0.15, 0.2) is 5.78 Å². The van der Waals surface area contributed by atoms with Crippen molar-refractivity contribution in [3.05, 3.63) is 191 Å². The summed E-state index contributed by atoms with van der Waals surface area (Å²) in [6.45, 7) is 4.22. The minimum absolute atomic E-state index is 0.0470. The SMILES string of the molecule is COc1ccccc1NC(c1ccccc1C)C(C(=O)C(c1c[nH]c2ccccc12)C(Nc1ccccc1OC)c1ccccc1C)c1c[nH]c2ccccc12. The van der Waals surface area contributed by atoms with Gasteiger partial charge in [0.05, 0.1) is 49.5 Å². The number of fused-ring (bicyclic) bond motifs is 2. The highest BCUT2D eigenvalue weighted by atomic mass is 16.5. The first-order chi connectivity index (χ1) is 27.5. The molecule has 0 aliphatic heterocycles. The number of para-hydroxylation sites is 6. The third-order valence-electron chi connectivity index (χ3n) is 11.1. The Labute approximate surface area is 327 Å². The van der Waals surface area contributed by atoms with Gasteiger partial charge < -0.3 is 30.1 Å². The summed E-state index contributed by atoms with van der Waals surface area (Å²) in [4.78, 5) is 23.7. The largest absolute Gasteiger partial charge is 0.495 e. The molecule has 6 aromatic carbocycles. The summed E-state index contributed by atoms with van der Waals surface area (Å²) >= 11 is 0. The van der Waals surface area contributed by atoms with Crippen LogP contribution in [0.3, 0.4) is 0 Å². The molecule has 2 aromatic heterocycles. The van der Waals surface area contributed by atoms with Crippen molar-refractivity contribution in [2.24, 2.45) is 0 Å². The summed E-state index contributed by atoms with van der Waals surface area (Å²) in [5, 5.41) is 9.74. The number of carbonyl (C=O) groups excluding carboxylic acids is 1. The Hall–Kier alpha value is -6.73. The molecule has 0 fully saturated rings. The Morgan fingerprint density at radius 3 is 1.29 bits per heavy atom. The fourth-order valence-corrected chi connectivity index (χ4v) is 8.31. The minimum Gasteiger partial charge on any atom is -0.495 e. The van der Waals surface area contributed by atoms with Crippen molar-refractivity contribution in [1.29, 1.82) is 0 Å². The second-order valence-electron chi connectivity index (χ2n) is 14.3. The zero-order valence-corrected chi connectivity index (χ0v) is 32.0. The maximum absolute atomic E-state index is 16.7. The van der Waals surface area contributed by atoms with Crippen LogP contribution in [0.5, 0.6) is 11.5 Å². The Morgan fingerprint density at radius 2 is 0.857 bits per heavy atom. The van der Waals surface area contributed by atoms with Crippen molar-refractivity contribution in [3.63, 3.8) is 0 Å². The van der Waals surface area contributed by atoms with Gasteiger partial charge in [0.1, 0.15) is 11.5 Å². The lowest BCUT2D eigenvalue weighted by atomic mass is 9.72. The van der Waals surface area contributed by atoms with Crippen LogP contribution in [0.25, 0.3) is 21.8 Å². The van der Waals surface area contributed by atoms with Gasteiger partial charge in [-0.1, -0.05) is 109 Å². The number of methoxy groups -OCH3 is 2. The highest BCUT2D eigenvalue weighted by molar-refractivity contribution is 6.01. The molecular weight excluding hydrogens is 693 g/mol. The van der Waals surface area contributed by atoms with E-state index in [1.54, 1.807) is 14.2 Å². The lowest BCUT2D eigenvalue weighted by molar-refractivity contribution is -0.122. The topological polar surface area (TPSA) is 91.2 Å². The summed E-state index contributed by atoms with van der Waals surface area (Å²) in [6, 6.07) is 47.9. The maximum atomic E-state index is 16.7. The van der Waals surface area contributed by atoms with Crippen molar-refractivity contribution in [2.75, 3.05) is 24.9 Å². The number of carbonyl (C=O) groups is 1. The van der Waals surface area contributed by atoms with E-state index in [-0.39, 0.29) is 5.78 Å². The Kier molecular flexibility index (Phi) is 10.3. The smallest absolute Gasteiger partial charge is 0.152 e. The monoisotopic (exact) mass is 738 g/mol. The number of ether oxygens (including phenoxy) is 2. The van der Waals surface area contributed by atoms with Gasteiger partial charge >= 0.3 is 0 Å². The van der Waals surface area contributed by atoms with Crippen molar-refractivity contribution < 1.29 is 14.3 Å². The summed E-state index contributed by atoms with van der Waals surface area (Å²) in [7, 11) is 3.35. The molecule has 7 nitrogen and oxygen atoms in total. The first-order valence-corrected chi connectivity index (χ1v) is 19.0. The van der Waals surface area contributed by atoms with Gasteiger partial charge in [-0.3, -0.25) is 4.79 Å². The molecule has 0 bridgehead atoms. The van der Waals surface area contributed by atoms with Crippen LogP contribution in [-0.2, 0) is 4.79 Å². The predicted molar refractivity (Wildman–Crippen MR) is 228 cm³/mol. The molecule has 8 aromatic rings. The number of benzene rings is 6. The number of Topliss-reactive ketones (excluding diaryl/α,β-unsaturated/α-hetero) is 1. The van der Waals surface area contributed by atoms with Crippen molar-refractivity contribution in [3.8, 4) is 11.5 Å². The molecule has 7 heteroatoms. The number of hydrogen-bond donors (Lipinski definition) is 4. The molecule has 0 aliphatic rings. The van der Waals surface area contributed by atoms with Crippen LogP contribution in [0.15, 0.2) is 158 Å². The molecule has 0 aliphatic carbocycles. The number of hydrogen-bond acceptors (Lipinski definition) is 5. The van der Waals surface area contributed by atoms with Gasteiger partial charge in [-0.25, -0.2) is 0 Å². The average Bonchev–Trinajstić information content (AvgIpc) is 3.86. The van der Waals surface area contributed by atoms with E-state index in [2.05, 4.69) is 83.0 Å². The normalized spacial score (nSPS) is 13.5. The van der Waals surface area contributed by atoms with Crippen LogP contribution in [-0.4, -0.2) is 30.0 Å². The first kappa shape index (κ1) is 36.3. The van der Waals surface area contributed by atoms with E-state index < -0.39 is 23.9 Å². The number of rotatable bonds is 14. The van der Waals surface area contributed by atoms with Gasteiger partial charge in [-0.2, -0.15) is 0 Å². The Morgan fingerprint density at radius 1 is 0.482 bits per heavy atom. The van der Waals surface area contributed by atoms with Crippen LogP contribution < -0.4 is 20.1 Å². The number of nitrogens with one attached hydrogen (secondary N) is 4. The summed E-state index contributed by atoms with van der Waals surface area (Å²) in [6.07, 6.45) is 4.04. The molecular formula is C49H46N4O3. The fraction of sp³-hybridized carbons (Fsp3) is 0.163. The van der Waals surface area contributed by atoms with E-state index in [0.717, 1.165) is 66.6 Å². The molecule has 4 atom stereocenters. The quantitative estimate of drug-likeness (QED) is 0.0892. The second-order valence-corrected chi connectivity index (χ2v) is 14.3. The number of aromatic nitrogens is 2. The van der Waals surface area contributed by atoms with E-state index in [1.807, 2.05) is 109 Å². The standard InChI is InChI=1S/C49H46N4O3/c1-31-17-5-7-19-33(31)47(52-41-25-13-15-27-43(41)55-3)45(37-29-50-39-23-11-9-21-35(37)39)49(54)46(38-30-51-40-24-12-10-22-36(38)40)48(34-20-8-6-18-32(34)2)53-42-26-14-16-28-44(42)56-4/h5-30,45-48,50-53H,1-4H3. The lowest BCUT2D eigenvalue weighted by Gasteiger charge is -2.36. The number of aryl methyl sites for hydroxylation is 2. The Bertz CT molecular complexity index is 2440. The van der Waals surface area contributed by atoms with Gasteiger partial charge in [0, 0.05) is 34.2 Å². The third-order valence-corrected chi connectivity index (χ3v) is 11.1. The van der Waals surface area contributed by atoms with E-state index in [0.29, 0.717) is 11.5 Å². The molecule has 8 rings (SSSR count). The van der Waals surface area contributed by atoms with Crippen molar-refractivity contribution in [2.45, 2.75) is 37.8 Å². The van der Waals surface area contributed by atoms with Crippen molar-refractivity contribution >= 4 is 39.0 Å². The first-order valence-electron chi connectivity index (χ1n) is 19.0. The summed E-state index contributed by atoms with van der Waals surface area (Å²) < 4.78 is 11.8. The highest BCUT2D eigenvalue weighted by Crippen LogP contribution is 2.48. The van der Waals surface area contributed by atoms with E-state index in [4.69, 9.17) is 9.47 Å². The molecule has 0 saturated heterocycles. The molecule has 56 heavy (non-hydrogen) atoms.